The van der Waals surface area contributed by atoms with E-state index in [1.165, 1.54) is 11.8 Å². The molecule has 0 bridgehead atoms. The zero-order chi connectivity index (χ0) is 8.85. The summed E-state index contributed by atoms with van der Waals surface area (Å²) >= 11 is 1.43. The SMILES string of the molecule is CSCCC(O)=C(O)[N+](=O)[O-]. The molecule has 0 unspecified atom stereocenters. The smallest absolute Gasteiger partial charge is 0.463 e. The summed E-state index contributed by atoms with van der Waals surface area (Å²) < 4.78 is 0. The number of thioether (sulfide) groups is 1. The maximum atomic E-state index is 9.83. The van der Waals surface area contributed by atoms with E-state index in [2.05, 4.69) is 0 Å². The summed E-state index contributed by atoms with van der Waals surface area (Å²) in [5.41, 5.74) is 0. The molecular formula is C5H9NO4S. The fourth-order valence-corrected chi connectivity index (χ4v) is 0.813. The molecule has 0 saturated heterocycles. The number of rotatable bonds is 4. The molecule has 6 heteroatoms. The van der Waals surface area contributed by atoms with Crippen LogP contribution in [0.3, 0.4) is 0 Å². The number of nitrogens with zero attached hydrogens (tertiary/aromatic N) is 1. The lowest BCUT2D eigenvalue weighted by atomic mass is 10.4. The Labute approximate surface area is 67.9 Å². The number of aliphatic hydroxyl groups excluding tert-OH is 2. The Kier molecular flexibility index (Phi) is 4.44. The molecular weight excluding hydrogens is 170 g/mol. The minimum Gasteiger partial charge on any atom is -0.503 e. The Hall–Kier alpha value is -0.910. The molecule has 0 saturated carbocycles. The van der Waals surface area contributed by atoms with Crippen molar-refractivity contribution >= 4 is 11.8 Å². The highest BCUT2D eigenvalue weighted by Gasteiger charge is 2.14. The second-order valence-electron chi connectivity index (χ2n) is 1.77. The standard InChI is InChI=1S/C5H9NO4S/c1-11-3-2-4(7)5(8)6(9)10/h7-8H,2-3H2,1H3. The van der Waals surface area contributed by atoms with Gasteiger partial charge in [0.05, 0.1) is 0 Å². The summed E-state index contributed by atoms with van der Waals surface area (Å²) in [5.74, 6) is -1.17. The van der Waals surface area contributed by atoms with Crippen LogP contribution in [0.15, 0.2) is 11.6 Å². The first-order valence-electron chi connectivity index (χ1n) is 2.84. The number of hydrogen-bond donors (Lipinski definition) is 2. The fraction of sp³-hybridized carbons (Fsp3) is 0.600. The minimum absolute atomic E-state index is 0.119. The van der Waals surface area contributed by atoms with Gasteiger partial charge in [0.2, 0.25) is 5.76 Å². The Morgan fingerprint density at radius 3 is 2.55 bits per heavy atom. The molecule has 0 fully saturated rings. The van der Waals surface area contributed by atoms with E-state index in [9.17, 15) is 10.1 Å². The highest BCUT2D eigenvalue weighted by molar-refractivity contribution is 7.98. The lowest BCUT2D eigenvalue weighted by molar-refractivity contribution is -0.462. The Morgan fingerprint density at radius 2 is 2.18 bits per heavy atom. The topological polar surface area (TPSA) is 83.6 Å². The first kappa shape index (κ1) is 10.1. The van der Waals surface area contributed by atoms with Crippen molar-refractivity contribution in [3.05, 3.63) is 21.8 Å². The van der Waals surface area contributed by atoms with Crippen molar-refractivity contribution in [3.63, 3.8) is 0 Å². The Morgan fingerprint density at radius 1 is 1.64 bits per heavy atom. The molecule has 0 atom stereocenters. The van der Waals surface area contributed by atoms with Crippen LogP contribution in [0.2, 0.25) is 0 Å². The second kappa shape index (κ2) is 4.84. The van der Waals surface area contributed by atoms with E-state index in [1.54, 1.807) is 6.26 Å². The summed E-state index contributed by atoms with van der Waals surface area (Å²) in [6.45, 7) is 0. The molecule has 0 aromatic rings. The van der Waals surface area contributed by atoms with Crippen LogP contribution in [0.4, 0.5) is 0 Å². The maximum absolute atomic E-state index is 9.83. The molecule has 0 heterocycles. The fourth-order valence-electron chi connectivity index (χ4n) is 0.416. The zero-order valence-electron chi connectivity index (χ0n) is 5.98. The third-order valence-electron chi connectivity index (χ3n) is 0.974. The van der Waals surface area contributed by atoms with Gasteiger partial charge in [-0.2, -0.15) is 11.8 Å². The first-order valence-corrected chi connectivity index (χ1v) is 4.23. The number of hydrogen-bond acceptors (Lipinski definition) is 5. The Bertz CT molecular complexity index is 179. The molecule has 0 radical (unpaired) electrons. The lowest BCUT2D eigenvalue weighted by Gasteiger charge is -1.95. The maximum Gasteiger partial charge on any atom is 0.463 e. The van der Waals surface area contributed by atoms with E-state index in [0.29, 0.717) is 5.75 Å². The van der Waals surface area contributed by atoms with E-state index in [1.807, 2.05) is 0 Å². The van der Waals surface area contributed by atoms with Gasteiger partial charge in [-0.05, 0) is 6.26 Å². The first-order chi connectivity index (χ1) is 5.09. The minimum atomic E-state index is -1.15. The van der Waals surface area contributed by atoms with Crippen LogP contribution < -0.4 is 0 Å². The highest BCUT2D eigenvalue weighted by Crippen LogP contribution is 2.07. The van der Waals surface area contributed by atoms with Crippen molar-refractivity contribution < 1.29 is 15.1 Å². The van der Waals surface area contributed by atoms with Gasteiger partial charge >= 0.3 is 5.88 Å². The van der Waals surface area contributed by atoms with Gasteiger partial charge in [-0.15, -0.1) is 0 Å². The van der Waals surface area contributed by atoms with E-state index >= 15 is 0 Å². The van der Waals surface area contributed by atoms with E-state index in [4.69, 9.17) is 10.2 Å². The van der Waals surface area contributed by atoms with E-state index in [-0.39, 0.29) is 6.42 Å². The monoisotopic (exact) mass is 179 g/mol. The highest BCUT2D eigenvalue weighted by atomic mass is 32.2. The third-order valence-corrected chi connectivity index (χ3v) is 1.59. The van der Waals surface area contributed by atoms with Crippen molar-refractivity contribution in [3.8, 4) is 0 Å². The number of nitro groups is 1. The van der Waals surface area contributed by atoms with Gasteiger partial charge in [0.25, 0.3) is 0 Å². The van der Waals surface area contributed by atoms with Crippen LogP contribution in [0.1, 0.15) is 6.42 Å². The molecule has 0 rings (SSSR count). The third kappa shape index (κ3) is 3.72. The number of allylic oxidation sites excluding steroid dienone is 1. The van der Waals surface area contributed by atoms with E-state index in [0.717, 1.165) is 0 Å². The van der Waals surface area contributed by atoms with Gasteiger partial charge < -0.3 is 10.2 Å². The van der Waals surface area contributed by atoms with Crippen LogP contribution in [0.25, 0.3) is 0 Å². The average Bonchev–Trinajstić information content (AvgIpc) is 1.98. The summed E-state index contributed by atoms with van der Waals surface area (Å²) in [4.78, 5) is 8.82. The molecule has 0 spiro atoms. The van der Waals surface area contributed by atoms with Crippen LogP contribution in [-0.2, 0) is 0 Å². The average molecular weight is 179 g/mol. The molecule has 0 aromatic heterocycles. The molecule has 11 heavy (non-hydrogen) atoms. The van der Waals surface area contributed by atoms with Crippen molar-refractivity contribution in [1.29, 1.82) is 0 Å². The Balaban J connectivity index is 4.05. The van der Waals surface area contributed by atoms with Gasteiger partial charge in [0, 0.05) is 12.2 Å². The summed E-state index contributed by atoms with van der Waals surface area (Å²) in [5, 5.41) is 27.2. The number of aliphatic hydroxyl groups is 2. The lowest BCUT2D eigenvalue weighted by Crippen LogP contribution is -2.02. The van der Waals surface area contributed by atoms with Crippen LogP contribution in [0, 0.1) is 10.1 Å². The van der Waals surface area contributed by atoms with Crippen LogP contribution >= 0.6 is 11.8 Å². The van der Waals surface area contributed by atoms with Crippen molar-refractivity contribution in [1.82, 2.24) is 0 Å². The van der Waals surface area contributed by atoms with Gasteiger partial charge in [-0.3, -0.25) is 10.1 Å². The summed E-state index contributed by atoms with van der Waals surface area (Å²) in [6.07, 6.45) is 1.92. The zero-order valence-corrected chi connectivity index (χ0v) is 6.80. The summed E-state index contributed by atoms with van der Waals surface area (Å²) in [7, 11) is 0. The molecule has 0 aliphatic rings. The molecule has 2 N–H and O–H groups in total. The largest absolute Gasteiger partial charge is 0.503 e. The molecule has 64 valence electrons. The van der Waals surface area contributed by atoms with Gasteiger partial charge in [-0.25, -0.2) is 0 Å². The molecule has 0 aromatic carbocycles. The quantitative estimate of drug-likeness (QED) is 0.386. The predicted molar refractivity (Wildman–Crippen MR) is 42.3 cm³/mol. The van der Waals surface area contributed by atoms with Crippen molar-refractivity contribution in [2.75, 3.05) is 12.0 Å². The van der Waals surface area contributed by atoms with Crippen LogP contribution in [-0.4, -0.2) is 27.1 Å². The molecule has 0 amide bonds. The predicted octanol–water partition coefficient (Wildman–Crippen LogP) is 1.30. The van der Waals surface area contributed by atoms with Gasteiger partial charge in [0.15, 0.2) is 0 Å². The van der Waals surface area contributed by atoms with Crippen LogP contribution in [0.5, 0.6) is 0 Å². The van der Waals surface area contributed by atoms with Crippen molar-refractivity contribution in [2.45, 2.75) is 6.42 Å². The van der Waals surface area contributed by atoms with Gasteiger partial charge in [-0.1, -0.05) is 0 Å². The van der Waals surface area contributed by atoms with E-state index < -0.39 is 16.6 Å². The van der Waals surface area contributed by atoms with Gasteiger partial charge in [0.1, 0.15) is 4.92 Å². The summed E-state index contributed by atoms with van der Waals surface area (Å²) in [6, 6.07) is 0. The normalized spacial score (nSPS) is 12.5. The molecule has 5 nitrogen and oxygen atoms in total. The molecule has 0 aliphatic carbocycles. The molecule has 0 aliphatic heterocycles. The second-order valence-corrected chi connectivity index (χ2v) is 2.76. The van der Waals surface area contributed by atoms with Crippen molar-refractivity contribution in [2.24, 2.45) is 0 Å².